The maximum atomic E-state index is 13.3. The highest BCUT2D eigenvalue weighted by atomic mass is 19.4. The summed E-state index contributed by atoms with van der Waals surface area (Å²) >= 11 is 0. The Morgan fingerprint density at radius 2 is 2.00 bits per heavy atom. The van der Waals surface area contributed by atoms with Gasteiger partial charge in [0.15, 0.2) is 0 Å². The Labute approximate surface area is 106 Å². The summed E-state index contributed by atoms with van der Waals surface area (Å²) in [4.78, 5) is 11.2. The number of carbonyl (C=O) groups excluding carboxylic acids is 1. The zero-order valence-corrected chi connectivity index (χ0v) is 9.72. The van der Waals surface area contributed by atoms with Crippen molar-refractivity contribution in [2.75, 3.05) is 18.5 Å². The van der Waals surface area contributed by atoms with Crippen molar-refractivity contribution in [1.29, 1.82) is 0 Å². The van der Waals surface area contributed by atoms with E-state index in [0.29, 0.717) is 24.6 Å². The highest BCUT2D eigenvalue weighted by molar-refractivity contribution is 5.89. The fraction of sp³-hybridized carbons (Fsp3) is 0.364. The molecule has 2 amide bonds. The Hall–Kier alpha value is -1.83. The normalized spacial score (nSPS) is 11.2. The molecular formula is C11H12F4N2O2. The molecule has 0 aliphatic carbocycles. The van der Waals surface area contributed by atoms with Crippen LogP contribution in [0.4, 0.5) is 28.0 Å². The van der Waals surface area contributed by atoms with Crippen molar-refractivity contribution < 1.29 is 27.5 Å². The molecule has 0 aliphatic heterocycles. The number of hydrogen-bond donors (Lipinski definition) is 3. The first-order chi connectivity index (χ1) is 8.84. The van der Waals surface area contributed by atoms with E-state index in [-0.39, 0.29) is 13.2 Å². The second kappa shape index (κ2) is 6.37. The molecule has 0 aromatic heterocycles. The quantitative estimate of drug-likeness (QED) is 0.585. The van der Waals surface area contributed by atoms with Crippen molar-refractivity contribution in [3.63, 3.8) is 0 Å². The van der Waals surface area contributed by atoms with Crippen molar-refractivity contribution in [3.8, 4) is 0 Å². The van der Waals surface area contributed by atoms with Gasteiger partial charge >= 0.3 is 12.2 Å². The van der Waals surface area contributed by atoms with Crippen molar-refractivity contribution in [2.45, 2.75) is 12.6 Å². The van der Waals surface area contributed by atoms with Gasteiger partial charge in [0.1, 0.15) is 5.82 Å². The Kier molecular flexibility index (Phi) is 5.11. The fourth-order valence-electron chi connectivity index (χ4n) is 1.24. The Morgan fingerprint density at radius 1 is 1.32 bits per heavy atom. The van der Waals surface area contributed by atoms with Crippen LogP contribution in [0.5, 0.6) is 0 Å². The molecule has 0 saturated carbocycles. The van der Waals surface area contributed by atoms with E-state index in [0.717, 1.165) is 0 Å². The molecule has 1 aromatic carbocycles. The molecule has 0 atom stereocenters. The molecule has 0 saturated heterocycles. The lowest BCUT2D eigenvalue weighted by Crippen LogP contribution is -2.30. The molecule has 106 valence electrons. The van der Waals surface area contributed by atoms with Crippen LogP contribution in [0.25, 0.3) is 0 Å². The van der Waals surface area contributed by atoms with Gasteiger partial charge in [-0.1, -0.05) is 0 Å². The van der Waals surface area contributed by atoms with Crippen LogP contribution >= 0.6 is 0 Å². The van der Waals surface area contributed by atoms with Gasteiger partial charge in [-0.3, -0.25) is 0 Å². The van der Waals surface area contributed by atoms with Gasteiger partial charge in [0.05, 0.1) is 11.3 Å². The van der Waals surface area contributed by atoms with Gasteiger partial charge in [-0.2, -0.15) is 13.2 Å². The predicted molar refractivity (Wildman–Crippen MR) is 60.1 cm³/mol. The standard InChI is InChI=1S/C11H12F4N2O2/c12-8-3-2-7(11(13,14)15)6-9(8)17-10(19)16-4-1-5-18/h2-3,6,18H,1,4-5H2,(H2,16,17,19). The molecule has 0 unspecified atom stereocenters. The van der Waals surface area contributed by atoms with Crippen LogP contribution in [0.2, 0.25) is 0 Å². The first-order valence-corrected chi connectivity index (χ1v) is 5.37. The molecule has 4 nitrogen and oxygen atoms in total. The van der Waals surface area contributed by atoms with Crippen LogP contribution in [-0.2, 0) is 6.18 Å². The van der Waals surface area contributed by atoms with Gasteiger partial charge in [-0.05, 0) is 24.6 Å². The Morgan fingerprint density at radius 3 is 2.58 bits per heavy atom. The van der Waals surface area contributed by atoms with Gasteiger partial charge in [-0.25, -0.2) is 9.18 Å². The molecule has 0 spiro atoms. The van der Waals surface area contributed by atoms with Gasteiger partial charge in [0.25, 0.3) is 0 Å². The summed E-state index contributed by atoms with van der Waals surface area (Å²) in [5.74, 6) is -0.967. The molecule has 0 heterocycles. The number of urea groups is 1. The summed E-state index contributed by atoms with van der Waals surface area (Å²) in [7, 11) is 0. The van der Waals surface area contributed by atoms with Crippen LogP contribution < -0.4 is 10.6 Å². The maximum Gasteiger partial charge on any atom is 0.416 e. The van der Waals surface area contributed by atoms with E-state index in [1.807, 2.05) is 5.32 Å². The van der Waals surface area contributed by atoms with Crippen molar-refractivity contribution >= 4 is 11.7 Å². The van der Waals surface area contributed by atoms with Crippen molar-refractivity contribution in [2.24, 2.45) is 0 Å². The van der Waals surface area contributed by atoms with E-state index in [4.69, 9.17) is 5.11 Å². The number of alkyl halides is 3. The van der Waals surface area contributed by atoms with E-state index in [9.17, 15) is 22.4 Å². The topological polar surface area (TPSA) is 61.4 Å². The van der Waals surface area contributed by atoms with E-state index >= 15 is 0 Å². The third-order valence-electron chi connectivity index (χ3n) is 2.16. The van der Waals surface area contributed by atoms with Crippen LogP contribution in [0.15, 0.2) is 18.2 Å². The number of amides is 2. The maximum absolute atomic E-state index is 13.3. The average molecular weight is 280 g/mol. The third kappa shape index (κ3) is 4.74. The average Bonchev–Trinajstić information content (AvgIpc) is 2.31. The zero-order chi connectivity index (χ0) is 14.5. The third-order valence-corrected chi connectivity index (χ3v) is 2.16. The lowest BCUT2D eigenvalue weighted by Gasteiger charge is -2.11. The minimum Gasteiger partial charge on any atom is -0.396 e. The minimum atomic E-state index is -4.61. The monoisotopic (exact) mass is 280 g/mol. The number of rotatable bonds is 4. The van der Waals surface area contributed by atoms with Crippen LogP contribution in [-0.4, -0.2) is 24.3 Å². The van der Waals surface area contributed by atoms with E-state index < -0.39 is 29.3 Å². The molecule has 0 bridgehead atoms. The molecule has 0 aliphatic rings. The number of aliphatic hydroxyl groups is 1. The highest BCUT2D eigenvalue weighted by Crippen LogP contribution is 2.31. The molecule has 3 N–H and O–H groups in total. The van der Waals surface area contributed by atoms with Gasteiger partial charge < -0.3 is 15.7 Å². The summed E-state index contributed by atoms with van der Waals surface area (Å²) in [5.41, 5.74) is -1.61. The Bertz CT molecular complexity index is 449. The summed E-state index contributed by atoms with van der Waals surface area (Å²) < 4.78 is 50.5. The van der Waals surface area contributed by atoms with Gasteiger partial charge in [-0.15, -0.1) is 0 Å². The number of benzene rings is 1. The molecule has 0 radical (unpaired) electrons. The smallest absolute Gasteiger partial charge is 0.396 e. The van der Waals surface area contributed by atoms with Gasteiger partial charge in [0, 0.05) is 13.2 Å². The van der Waals surface area contributed by atoms with Crippen molar-refractivity contribution in [3.05, 3.63) is 29.6 Å². The Balaban J connectivity index is 2.74. The second-order valence-electron chi connectivity index (χ2n) is 3.65. The molecule has 0 fully saturated rings. The first-order valence-electron chi connectivity index (χ1n) is 5.37. The predicted octanol–water partition coefficient (Wildman–Crippen LogP) is 2.35. The first kappa shape index (κ1) is 15.2. The molecule has 19 heavy (non-hydrogen) atoms. The molecule has 8 heteroatoms. The second-order valence-corrected chi connectivity index (χ2v) is 3.65. The largest absolute Gasteiger partial charge is 0.416 e. The molecule has 1 rings (SSSR count). The lowest BCUT2D eigenvalue weighted by atomic mass is 10.2. The number of hydrogen-bond acceptors (Lipinski definition) is 2. The molecular weight excluding hydrogens is 268 g/mol. The van der Waals surface area contributed by atoms with Crippen LogP contribution in [0.1, 0.15) is 12.0 Å². The molecule has 1 aromatic rings. The van der Waals surface area contributed by atoms with Crippen LogP contribution in [0, 0.1) is 5.82 Å². The number of nitrogens with one attached hydrogen (secondary N) is 2. The minimum absolute atomic E-state index is 0.128. The highest BCUT2D eigenvalue weighted by Gasteiger charge is 2.31. The summed E-state index contributed by atoms with van der Waals surface area (Å²) in [5, 5.41) is 12.7. The van der Waals surface area contributed by atoms with Gasteiger partial charge in [0.2, 0.25) is 0 Å². The van der Waals surface area contributed by atoms with E-state index in [2.05, 4.69) is 5.32 Å². The summed E-state index contributed by atoms with van der Waals surface area (Å²) in [6.45, 7) is -0.0128. The number of anilines is 1. The number of halogens is 4. The number of carbonyl (C=O) groups is 1. The van der Waals surface area contributed by atoms with Crippen LogP contribution in [0.3, 0.4) is 0 Å². The zero-order valence-electron chi connectivity index (χ0n) is 9.72. The SMILES string of the molecule is O=C(NCCCO)Nc1cc(C(F)(F)F)ccc1F. The number of aliphatic hydroxyl groups excluding tert-OH is 1. The fourth-order valence-corrected chi connectivity index (χ4v) is 1.24. The summed E-state index contributed by atoms with van der Waals surface area (Å²) in [6.07, 6.45) is -4.32. The summed E-state index contributed by atoms with van der Waals surface area (Å²) in [6, 6.07) is 0.892. The lowest BCUT2D eigenvalue weighted by molar-refractivity contribution is -0.137. The van der Waals surface area contributed by atoms with E-state index in [1.54, 1.807) is 0 Å². The van der Waals surface area contributed by atoms with E-state index in [1.165, 1.54) is 0 Å². The van der Waals surface area contributed by atoms with Crippen molar-refractivity contribution in [1.82, 2.24) is 5.32 Å².